The minimum Gasteiger partial charge on any atom is -0.379 e. The van der Waals surface area contributed by atoms with Gasteiger partial charge in [0, 0.05) is 39.1 Å². The number of hydrogen-bond acceptors (Lipinski definition) is 4. The molecule has 1 amide bonds. The number of ether oxygens (including phenoxy) is 1. The monoisotopic (exact) mass is 359 g/mol. The summed E-state index contributed by atoms with van der Waals surface area (Å²) in [5.41, 5.74) is 6.70. The van der Waals surface area contributed by atoms with Gasteiger partial charge in [-0.05, 0) is 24.9 Å². The molecule has 0 aliphatic carbocycles. The average molecular weight is 360 g/mol. The molecule has 1 fully saturated rings. The summed E-state index contributed by atoms with van der Waals surface area (Å²) in [6.07, 6.45) is 7.74. The minimum atomic E-state index is 0.244. The molecule has 2 rings (SSSR count). The maximum Gasteiger partial charge on any atom is 0.222 e. The van der Waals surface area contributed by atoms with E-state index in [9.17, 15) is 4.79 Å². The number of amides is 1. The van der Waals surface area contributed by atoms with Crippen molar-refractivity contribution < 1.29 is 9.53 Å². The number of carbonyl (C=O) groups excluding carboxylic acids is 1. The fraction of sp³-hybridized carbons (Fsp3) is 0.571. The Kier molecular flexibility index (Phi) is 10.0. The molecule has 0 spiro atoms. The number of unbranched alkanes of at least 4 members (excludes halogenated alkanes) is 2. The Balaban J connectivity index is 1.84. The van der Waals surface area contributed by atoms with Crippen LogP contribution in [0.2, 0.25) is 0 Å². The molecular formula is C21H33N3O2. The van der Waals surface area contributed by atoms with E-state index in [1.54, 1.807) is 0 Å². The third-order valence-corrected chi connectivity index (χ3v) is 4.67. The predicted octanol–water partition coefficient (Wildman–Crippen LogP) is 2.38. The van der Waals surface area contributed by atoms with E-state index in [-0.39, 0.29) is 5.91 Å². The van der Waals surface area contributed by atoms with Crippen molar-refractivity contribution in [1.82, 2.24) is 9.80 Å². The number of benzene rings is 1. The minimum absolute atomic E-state index is 0.244. The molecule has 1 aromatic rings. The van der Waals surface area contributed by atoms with Gasteiger partial charge in [-0.25, -0.2) is 0 Å². The standard InChI is InChI=1S/C21H33N3O2/c22-12-6-2-5-11-21(25)24(15-14-23-16-18-26-19-17-23)13-7-10-20-8-3-1-4-9-20/h1,3-4,7-10H,2,5-6,11-19,22H2/b10-7+. The fourth-order valence-electron chi connectivity index (χ4n) is 3.04. The SMILES string of the molecule is NCCCCCC(=O)N(C/C=C/c1ccccc1)CCN1CCOCC1. The molecular weight excluding hydrogens is 326 g/mol. The van der Waals surface area contributed by atoms with E-state index in [0.717, 1.165) is 64.2 Å². The van der Waals surface area contributed by atoms with E-state index in [2.05, 4.69) is 29.2 Å². The second-order valence-electron chi connectivity index (χ2n) is 6.71. The van der Waals surface area contributed by atoms with Crippen LogP contribution in [0.4, 0.5) is 0 Å². The summed E-state index contributed by atoms with van der Waals surface area (Å²) in [5.74, 6) is 0.244. The van der Waals surface area contributed by atoms with Crippen LogP contribution < -0.4 is 5.73 Å². The number of rotatable bonds is 11. The molecule has 0 bridgehead atoms. The molecule has 0 radical (unpaired) electrons. The maximum atomic E-state index is 12.6. The number of nitrogens with zero attached hydrogens (tertiary/aromatic N) is 2. The second kappa shape index (κ2) is 12.6. The molecule has 0 unspecified atom stereocenters. The van der Waals surface area contributed by atoms with Crippen LogP contribution in [-0.2, 0) is 9.53 Å². The summed E-state index contributed by atoms with van der Waals surface area (Å²) in [4.78, 5) is 17.0. The van der Waals surface area contributed by atoms with Crippen LogP contribution in [0.1, 0.15) is 31.2 Å². The normalized spacial score (nSPS) is 15.4. The van der Waals surface area contributed by atoms with E-state index in [4.69, 9.17) is 10.5 Å². The summed E-state index contributed by atoms with van der Waals surface area (Å²) in [5, 5.41) is 0. The van der Waals surface area contributed by atoms with Gasteiger partial charge in [0.15, 0.2) is 0 Å². The van der Waals surface area contributed by atoms with Crippen molar-refractivity contribution in [1.29, 1.82) is 0 Å². The van der Waals surface area contributed by atoms with Crippen molar-refractivity contribution in [3.8, 4) is 0 Å². The van der Waals surface area contributed by atoms with Gasteiger partial charge in [0.1, 0.15) is 0 Å². The molecule has 2 N–H and O–H groups in total. The van der Waals surface area contributed by atoms with Crippen LogP contribution in [0.25, 0.3) is 6.08 Å². The zero-order chi connectivity index (χ0) is 18.5. The van der Waals surface area contributed by atoms with Crippen LogP contribution in [0.15, 0.2) is 36.4 Å². The van der Waals surface area contributed by atoms with E-state index < -0.39 is 0 Å². The number of carbonyl (C=O) groups is 1. The van der Waals surface area contributed by atoms with Crippen molar-refractivity contribution in [3.63, 3.8) is 0 Å². The molecule has 1 aliphatic heterocycles. The lowest BCUT2D eigenvalue weighted by Crippen LogP contribution is -2.43. The molecule has 5 heteroatoms. The zero-order valence-corrected chi connectivity index (χ0v) is 15.8. The lowest BCUT2D eigenvalue weighted by molar-refractivity contribution is -0.131. The molecule has 1 aliphatic rings. The predicted molar refractivity (Wildman–Crippen MR) is 107 cm³/mol. The molecule has 1 saturated heterocycles. The van der Waals surface area contributed by atoms with Gasteiger partial charge >= 0.3 is 0 Å². The number of morpholine rings is 1. The van der Waals surface area contributed by atoms with E-state index in [0.29, 0.717) is 19.5 Å². The Morgan fingerprint density at radius 2 is 1.92 bits per heavy atom. The number of nitrogens with two attached hydrogens (primary N) is 1. The first-order chi connectivity index (χ1) is 12.8. The molecule has 0 atom stereocenters. The highest BCUT2D eigenvalue weighted by Gasteiger charge is 2.15. The smallest absolute Gasteiger partial charge is 0.222 e. The van der Waals surface area contributed by atoms with E-state index in [1.807, 2.05) is 23.1 Å². The Morgan fingerprint density at radius 1 is 1.15 bits per heavy atom. The Labute approximate surface area is 157 Å². The Hall–Kier alpha value is -1.69. The van der Waals surface area contributed by atoms with Gasteiger partial charge in [-0.15, -0.1) is 0 Å². The van der Waals surface area contributed by atoms with Gasteiger partial charge in [0.25, 0.3) is 0 Å². The largest absolute Gasteiger partial charge is 0.379 e. The lowest BCUT2D eigenvalue weighted by atomic mass is 10.1. The van der Waals surface area contributed by atoms with Crippen molar-refractivity contribution in [3.05, 3.63) is 42.0 Å². The first-order valence-corrected chi connectivity index (χ1v) is 9.79. The zero-order valence-electron chi connectivity index (χ0n) is 15.8. The molecule has 0 saturated carbocycles. The van der Waals surface area contributed by atoms with Gasteiger partial charge < -0.3 is 15.4 Å². The van der Waals surface area contributed by atoms with Crippen LogP contribution >= 0.6 is 0 Å². The first-order valence-electron chi connectivity index (χ1n) is 9.79. The quantitative estimate of drug-likeness (QED) is 0.616. The highest BCUT2D eigenvalue weighted by molar-refractivity contribution is 5.76. The summed E-state index contributed by atoms with van der Waals surface area (Å²) in [6.45, 7) is 6.55. The summed E-state index contributed by atoms with van der Waals surface area (Å²) < 4.78 is 5.40. The van der Waals surface area contributed by atoms with Gasteiger partial charge in [-0.2, -0.15) is 0 Å². The Bertz CT molecular complexity index is 527. The fourth-order valence-corrected chi connectivity index (χ4v) is 3.04. The van der Waals surface area contributed by atoms with E-state index >= 15 is 0 Å². The third kappa shape index (κ3) is 8.13. The van der Waals surface area contributed by atoms with Crippen LogP contribution in [0.3, 0.4) is 0 Å². The molecule has 0 aromatic heterocycles. The van der Waals surface area contributed by atoms with E-state index in [1.165, 1.54) is 0 Å². The van der Waals surface area contributed by atoms with Gasteiger partial charge in [-0.3, -0.25) is 9.69 Å². The Morgan fingerprint density at radius 3 is 2.65 bits per heavy atom. The molecule has 5 nitrogen and oxygen atoms in total. The van der Waals surface area contributed by atoms with Crippen molar-refractivity contribution >= 4 is 12.0 Å². The topological polar surface area (TPSA) is 58.8 Å². The molecule has 1 aromatic carbocycles. The molecule has 1 heterocycles. The maximum absolute atomic E-state index is 12.6. The van der Waals surface area contributed by atoms with Crippen LogP contribution in [-0.4, -0.2) is 68.2 Å². The van der Waals surface area contributed by atoms with Crippen LogP contribution in [0.5, 0.6) is 0 Å². The highest BCUT2D eigenvalue weighted by Crippen LogP contribution is 2.06. The van der Waals surface area contributed by atoms with Crippen LogP contribution in [0, 0.1) is 0 Å². The first kappa shape index (κ1) is 20.6. The third-order valence-electron chi connectivity index (χ3n) is 4.67. The van der Waals surface area contributed by atoms with Gasteiger partial charge in [0.05, 0.1) is 13.2 Å². The van der Waals surface area contributed by atoms with Crippen molar-refractivity contribution in [2.75, 3.05) is 52.5 Å². The van der Waals surface area contributed by atoms with Crippen molar-refractivity contribution in [2.45, 2.75) is 25.7 Å². The summed E-state index contributed by atoms with van der Waals surface area (Å²) in [6, 6.07) is 10.2. The number of hydrogen-bond donors (Lipinski definition) is 1. The highest BCUT2D eigenvalue weighted by atomic mass is 16.5. The van der Waals surface area contributed by atoms with Crippen molar-refractivity contribution in [2.24, 2.45) is 5.73 Å². The molecule has 144 valence electrons. The lowest BCUT2D eigenvalue weighted by Gasteiger charge is -2.29. The van der Waals surface area contributed by atoms with Gasteiger partial charge in [0.2, 0.25) is 5.91 Å². The van der Waals surface area contributed by atoms with Gasteiger partial charge in [-0.1, -0.05) is 48.9 Å². The second-order valence-corrected chi connectivity index (χ2v) is 6.71. The summed E-state index contributed by atoms with van der Waals surface area (Å²) >= 11 is 0. The summed E-state index contributed by atoms with van der Waals surface area (Å²) in [7, 11) is 0. The average Bonchev–Trinajstić information content (AvgIpc) is 2.69. The molecule has 26 heavy (non-hydrogen) atoms.